The summed E-state index contributed by atoms with van der Waals surface area (Å²) in [6.45, 7) is 1.80. The number of carbonyl (C=O) groups excluding carboxylic acids is 1. The zero-order valence-corrected chi connectivity index (χ0v) is 12.3. The van der Waals surface area contributed by atoms with Crippen LogP contribution in [-0.2, 0) is 20.8 Å². The molecule has 0 aliphatic carbocycles. The van der Waals surface area contributed by atoms with Crippen LogP contribution in [0.2, 0.25) is 5.02 Å². The van der Waals surface area contributed by atoms with E-state index >= 15 is 0 Å². The molecule has 0 heterocycles. The van der Waals surface area contributed by atoms with Gasteiger partial charge in [0.15, 0.2) is 6.10 Å². The number of ether oxygens (including phenoxy) is 1. The Bertz CT molecular complexity index is 399. The van der Waals surface area contributed by atoms with Crippen LogP contribution in [0.4, 0.5) is 0 Å². The quantitative estimate of drug-likeness (QED) is 0.471. The molecule has 1 aromatic rings. The lowest BCUT2D eigenvalue weighted by molar-refractivity contribution is -0.139. The average molecular weight is 306 g/mol. The fourth-order valence-electron chi connectivity index (χ4n) is 1.13. The Labute approximate surface area is 120 Å². The third-order valence-electron chi connectivity index (χ3n) is 2.14. The second kappa shape index (κ2) is 8.27. The van der Waals surface area contributed by atoms with E-state index in [2.05, 4.69) is 5.48 Å². The van der Waals surface area contributed by atoms with Gasteiger partial charge in [0.1, 0.15) is 18.1 Å². The number of benzene rings is 1. The maximum Gasteiger partial charge on any atom is 0.284 e. The van der Waals surface area contributed by atoms with E-state index in [1.165, 1.54) is 0 Å². The van der Waals surface area contributed by atoms with E-state index in [-0.39, 0.29) is 6.61 Å². The maximum absolute atomic E-state index is 11.6. The molecule has 0 saturated carbocycles. The van der Waals surface area contributed by atoms with Gasteiger partial charge >= 0.3 is 0 Å². The SMILES string of the molecule is C[C@H](Oc1ccc(Cl)cc1)C(=O)NOCC[S+](C)[O-]. The lowest BCUT2D eigenvalue weighted by Crippen LogP contribution is -2.37. The van der Waals surface area contributed by atoms with E-state index in [1.54, 1.807) is 37.4 Å². The Balaban J connectivity index is 2.30. The molecule has 19 heavy (non-hydrogen) atoms. The molecule has 0 fully saturated rings. The highest BCUT2D eigenvalue weighted by Crippen LogP contribution is 2.16. The first-order chi connectivity index (χ1) is 8.99. The van der Waals surface area contributed by atoms with Crippen LogP contribution in [0.15, 0.2) is 24.3 Å². The number of hydrogen-bond donors (Lipinski definition) is 1. The minimum absolute atomic E-state index is 0.197. The molecule has 0 spiro atoms. The Morgan fingerprint density at radius 2 is 2.11 bits per heavy atom. The molecule has 1 rings (SSSR count). The van der Waals surface area contributed by atoms with Crippen molar-refractivity contribution in [3.63, 3.8) is 0 Å². The maximum atomic E-state index is 11.6. The van der Waals surface area contributed by atoms with Crippen LogP contribution >= 0.6 is 11.6 Å². The van der Waals surface area contributed by atoms with Crippen LogP contribution in [0.3, 0.4) is 0 Å². The summed E-state index contributed by atoms with van der Waals surface area (Å²) in [7, 11) is 0. The molecule has 0 saturated heterocycles. The zero-order valence-electron chi connectivity index (χ0n) is 10.7. The van der Waals surface area contributed by atoms with E-state index < -0.39 is 23.2 Å². The van der Waals surface area contributed by atoms with Crippen molar-refractivity contribution in [2.75, 3.05) is 18.6 Å². The minimum atomic E-state index is -0.945. The average Bonchev–Trinajstić information content (AvgIpc) is 2.36. The van der Waals surface area contributed by atoms with E-state index in [0.29, 0.717) is 16.5 Å². The van der Waals surface area contributed by atoms with Crippen molar-refractivity contribution in [2.45, 2.75) is 13.0 Å². The number of rotatable bonds is 7. The smallest absolute Gasteiger partial charge is 0.284 e. The Hall–Kier alpha value is -0.950. The molecular weight excluding hydrogens is 290 g/mol. The number of nitrogens with one attached hydrogen (secondary N) is 1. The largest absolute Gasteiger partial charge is 0.616 e. The third kappa shape index (κ3) is 6.68. The predicted octanol–water partition coefficient (Wildman–Crippen LogP) is 1.53. The molecule has 7 heteroatoms. The topological polar surface area (TPSA) is 70.6 Å². The molecule has 2 atom stereocenters. The van der Waals surface area contributed by atoms with E-state index in [4.69, 9.17) is 21.2 Å². The minimum Gasteiger partial charge on any atom is -0.616 e. The molecular formula is C12H16ClNO4S. The van der Waals surface area contributed by atoms with Gasteiger partial charge in [-0.1, -0.05) is 22.8 Å². The monoisotopic (exact) mass is 305 g/mol. The summed E-state index contributed by atoms with van der Waals surface area (Å²) < 4.78 is 16.2. The lowest BCUT2D eigenvalue weighted by Gasteiger charge is -2.14. The van der Waals surface area contributed by atoms with Gasteiger partial charge in [-0.05, 0) is 31.2 Å². The van der Waals surface area contributed by atoms with Crippen LogP contribution in [0.1, 0.15) is 6.92 Å². The molecule has 1 aromatic carbocycles. The molecule has 106 valence electrons. The first-order valence-electron chi connectivity index (χ1n) is 5.63. The zero-order chi connectivity index (χ0) is 14.3. The Kier molecular flexibility index (Phi) is 7.01. The number of amides is 1. The summed E-state index contributed by atoms with van der Waals surface area (Å²) in [4.78, 5) is 16.5. The normalized spacial score (nSPS) is 13.7. The van der Waals surface area contributed by atoms with Gasteiger partial charge in [0.25, 0.3) is 5.91 Å². The van der Waals surface area contributed by atoms with Crippen LogP contribution < -0.4 is 10.2 Å². The first-order valence-corrected chi connectivity index (χ1v) is 7.73. The standard InChI is InChI=1S/C12H16ClNO4S/c1-9(12(15)14-17-7-8-19(2)16)18-11-5-3-10(13)4-6-11/h3-6,9H,7-8H2,1-2H3,(H,14,15)/t9-,19?/m0/s1. The molecule has 0 bridgehead atoms. The van der Waals surface area contributed by atoms with Crippen molar-refractivity contribution >= 4 is 28.7 Å². The van der Waals surface area contributed by atoms with Gasteiger partial charge in [-0.2, -0.15) is 0 Å². The van der Waals surface area contributed by atoms with E-state index in [9.17, 15) is 9.35 Å². The molecule has 0 aliphatic heterocycles. The van der Waals surface area contributed by atoms with Crippen LogP contribution in [0.5, 0.6) is 5.75 Å². The van der Waals surface area contributed by atoms with Crippen molar-refractivity contribution in [1.29, 1.82) is 0 Å². The van der Waals surface area contributed by atoms with Crippen molar-refractivity contribution in [2.24, 2.45) is 0 Å². The number of halogens is 1. The Morgan fingerprint density at radius 1 is 1.47 bits per heavy atom. The first kappa shape index (κ1) is 16.1. The van der Waals surface area contributed by atoms with Gasteiger partial charge in [-0.25, -0.2) is 5.48 Å². The van der Waals surface area contributed by atoms with E-state index in [1.807, 2.05) is 0 Å². The second-order valence-corrected chi connectivity index (χ2v) is 5.80. The molecule has 1 amide bonds. The molecule has 0 aromatic heterocycles. The number of carbonyl (C=O) groups is 1. The molecule has 0 aliphatic rings. The van der Waals surface area contributed by atoms with Crippen LogP contribution in [0.25, 0.3) is 0 Å². The fourth-order valence-corrected chi connectivity index (χ4v) is 1.58. The lowest BCUT2D eigenvalue weighted by atomic mass is 10.3. The summed E-state index contributed by atoms with van der Waals surface area (Å²) in [5.74, 6) is 0.505. The van der Waals surface area contributed by atoms with Gasteiger partial charge in [0.05, 0.1) is 6.26 Å². The highest BCUT2D eigenvalue weighted by molar-refractivity contribution is 7.90. The van der Waals surface area contributed by atoms with Gasteiger partial charge in [0.2, 0.25) is 0 Å². The summed E-state index contributed by atoms with van der Waals surface area (Å²) in [5, 5.41) is 0.598. The highest BCUT2D eigenvalue weighted by atomic mass is 35.5. The molecule has 1 unspecified atom stereocenters. The highest BCUT2D eigenvalue weighted by Gasteiger charge is 2.14. The van der Waals surface area contributed by atoms with Crippen molar-refractivity contribution in [3.8, 4) is 5.75 Å². The van der Waals surface area contributed by atoms with Crippen LogP contribution in [0, 0.1) is 0 Å². The van der Waals surface area contributed by atoms with Crippen molar-refractivity contribution < 1.29 is 18.9 Å². The Morgan fingerprint density at radius 3 is 2.68 bits per heavy atom. The summed E-state index contributed by atoms with van der Waals surface area (Å²) in [5.41, 5.74) is 2.24. The fraction of sp³-hybridized carbons (Fsp3) is 0.417. The predicted molar refractivity (Wildman–Crippen MR) is 74.6 cm³/mol. The van der Waals surface area contributed by atoms with Crippen molar-refractivity contribution in [1.82, 2.24) is 5.48 Å². The van der Waals surface area contributed by atoms with Gasteiger partial charge in [-0.3, -0.25) is 9.63 Å². The van der Waals surface area contributed by atoms with Gasteiger partial charge < -0.3 is 9.29 Å². The molecule has 1 N–H and O–H groups in total. The van der Waals surface area contributed by atoms with Crippen molar-refractivity contribution in [3.05, 3.63) is 29.3 Å². The van der Waals surface area contributed by atoms with Crippen LogP contribution in [-0.4, -0.2) is 35.2 Å². The summed E-state index contributed by atoms with van der Waals surface area (Å²) >= 11 is 4.80. The second-order valence-electron chi connectivity index (χ2n) is 3.81. The number of hydrogen-bond acceptors (Lipinski definition) is 4. The third-order valence-corrected chi connectivity index (χ3v) is 3.13. The van der Waals surface area contributed by atoms with Gasteiger partial charge in [-0.15, -0.1) is 0 Å². The molecule has 5 nitrogen and oxygen atoms in total. The van der Waals surface area contributed by atoms with Gasteiger partial charge in [0, 0.05) is 5.02 Å². The summed E-state index contributed by atoms with van der Waals surface area (Å²) in [6, 6.07) is 6.70. The van der Waals surface area contributed by atoms with E-state index in [0.717, 1.165) is 0 Å². The molecule has 0 radical (unpaired) electrons. The number of hydroxylamine groups is 1. The summed E-state index contributed by atoms with van der Waals surface area (Å²) in [6.07, 6.45) is 0.866.